The summed E-state index contributed by atoms with van der Waals surface area (Å²) >= 11 is 0. The number of ether oxygens (including phenoxy) is 1. The van der Waals surface area contributed by atoms with Gasteiger partial charge in [0.05, 0.1) is 6.61 Å². The van der Waals surface area contributed by atoms with Crippen LogP contribution in [-0.4, -0.2) is 18.9 Å². The van der Waals surface area contributed by atoms with Gasteiger partial charge in [-0.15, -0.1) is 0 Å². The lowest BCUT2D eigenvalue weighted by molar-refractivity contribution is 0.329. The average Bonchev–Trinajstić information content (AvgIpc) is 2.72. The number of hydrogen-bond donors (Lipinski definition) is 0. The summed E-state index contributed by atoms with van der Waals surface area (Å²) in [5.74, 6) is 0.950. The van der Waals surface area contributed by atoms with Crippen molar-refractivity contribution >= 4 is 5.71 Å². The molecule has 0 atom stereocenters. The van der Waals surface area contributed by atoms with Crippen molar-refractivity contribution in [3.8, 4) is 5.75 Å². The van der Waals surface area contributed by atoms with Gasteiger partial charge in [0.2, 0.25) is 0 Å². The van der Waals surface area contributed by atoms with E-state index in [4.69, 9.17) is 4.74 Å². The van der Waals surface area contributed by atoms with Gasteiger partial charge >= 0.3 is 0 Å². The van der Waals surface area contributed by atoms with Crippen LogP contribution >= 0.6 is 0 Å². The Hall–Kier alpha value is -1.31. The minimum atomic E-state index is 0.753. The molecule has 0 fully saturated rings. The molecule has 2 heteroatoms. The molecule has 0 spiro atoms. The minimum absolute atomic E-state index is 0.753. The van der Waals surface area contributed by atoms with Crippen molar-refractivity contribution in [1.29, 1.82) is 0 Å². The van der Waals surface area contributed by atoms with E-state index < -0.39 is 0 Å². The van der Waals surface area contributed by atoms with Crippen molar-refractivity contribution in [2.75, 3.05) is 13.2 Å². The third kappa shape index (κ3) is 2.59. The van der Waals surface area contributed by atoms with Gasteiger partial charge < -0.3 is 4.74 Å². The highest BCUT2D eigenvalue weighted by atomic mass is 16.5. The largest absolute Gasteiger partial charge is 0.493 e. The summed E-state index contributed by atoms with van der Waals surface area (Å²) in [6.45, 7) is 1.77. The third-order valence-electron chi connectivity index (χ3n) is 2.36. The van der Waals surface area contributed by atoms with Gasteiger partial charge in [-0.2, -0.15) is 0 Å². The Morgan fingerprint density at radius 3 is 2.79 bits per heavy atom. The minimum Gasteiger partial charge on any atom is -0.493 e. The summed E-state index contributed by atoms with van der Waals surface area (Å²) in [7, 11) is 0. The zero-order chi connectivity index (χ0) is 9.64. The lowest BCUT2D eigenvalue weighted by atomic mass is 10.2. The van der Waals surface area contributed by atoms with Gasteiger partial charge in [-0.3, -0.25) is 4.99 Å². The molecule has 14 heavy (non-hydrogen) atoms. The Labute approximate surface area is 84.6 Å². The fourth-order valence-electron chi connectivity index (χ4n) is 1.61. The molecule has 0 radical (unpaired) electrons. The second kappa shape index (κ2) is 4.80. The summed E-state index contributed by atoms with van der Waals surface area (Å²) < 4.78 is 5.59. The second-order valence-corrected chi connectivity index (χ2v) is 3.46. The first-order valence-electron chi connectivity index (χ1n) is 5.15. The van der Waals surface area contributed by atoms with Gasteiger partial charge in [-0.05, 0) is 25.0 Å². The molecule has 0 bridgehead atoms. The molecule has 0 amide bonds. The first-order chi connectivity index (χ1) is 6.95. The maximum Gasteiger partial charge on any atom is 0.119 e. The summed E-state index contributed by atoms with van der Waals surface area (Å²) in [5.41, 5.74) is 1.32. The van der Waals surface area contributed by atoms with Gasteiger partial charge in [0.1, 0.15) is 5.75 Å². The van der Waals surface area contributed by atoms with E-state index in [1.165, 1.54) is 12.1 Å². The Morgan fingerprint density at radius 1 is 1.21 bits per heavy atom. The van der Waals surface area contributed by atoms with Crippen LogP contribution in [0.15, 0.2) is 35.3 Å². The predicted octanol–water partition coefficient (Wildman–Crippen LogP) is 2.69. The SMILES string of the molecule is c1ccc(OCCC2=NCCC2)cc1. The summed E-state index contributed by atoms with van der Waals surface area (Å²) in [4.78, 5) is 4.40. The fourth-order valence-corrected chi connectivity index (χ4v) is 1.61. The first-order valence-corrected chi connectivity index (χ1v) is 5.15. The molecular weight excluding hydrogens is 174 g/mol. The number of para-hydroxylation sites is 1. The van der Waals surface area contributed by atoms with Gasteiger partial charge in [0.25, 0.3) is 0 Å². The molecule has 0 aliphatic carbocycles. The van der Waals surface area contributed by atoms with Crippen LogP contribution in [0.2, 0.25) is 0 Å². The van der Waals surface area contributed by atoms with Crippen molar-refractivity contribution in [2.45, 2.75) is 19.3 Å². The van der Waals surface area contributed by atoms with Crippen molar-refractivity contribution < 1.29 is 4.74 Å². The highest BCUT2D eigenvalue weighted by Crippen LogP contribution is 2.11. The topological polar surface area (TPSA) is 21.6 Å². The van der Waals surface area contributed by atoms with Gasteiger partial charge in [-0.25, -0.2) is 0 Å². The van der Waals surface area contributed by atoms with E-state index in [-0.39, 0.29) is 0 Å². The van der Waals surface area contributed by atoms with E-state index in [0.29, 0.717) is 0 Å². The van der Waals surface area contributed by atoms with E-state index in [0.717, 1.165) is 31.7 Å². The number of benzene rings is 1. The van der Waals surface area contributed by atoms with Crippen molar-refractivity contribution in [2.24, 2.45) is 4.99 Å². The third-order valence-corrected chi connectivity index (χ3v) is 2.36. The molecule has 2 nitrogen and oxygen atoms in total. The summed E-state index contributed by atoms with van der Waals surface area (Å²) in [6.07, 6.45) is 3.37. The Balaban J connectivity index is 1.73. The zero-order valence-corrected chi connectivity index (χ0v) is 8.28. The van der Waals surface area contributed by atoms with Gasteiger partial charge in [0.15, 0.2) is 0 Å². The van der Waals surface area contributed by atoms with E-state index in [1.807, 2.05) is 30.3 Å². The number of hydrogen-bond acceptors (Lipinski definition) is 2. The molecule has 1 aliphatic heterocycles. The second-order valence-electron chi connectivity index (χ2n) is 3.46. The highest BCUT2D eigenvalue weighted by Gasteiger charge is 2.05. The molecule has 0 N–H and O–H groups in total. The average molecular weight is 189 g/mol. The molecule has 1 aromatic rings. The maximum atomic E-state index is 5.59. The van der Waals surface area contributed by atoms with E-state index in [2.05, 4.69) is 4.99 Å². The summed E-state index contributed by atoms with van der Waals surface area (Å²) in [6, 6.07) is 9.94. The van der Waals surface area contributed by atoms with Crippen molar-refractivity contribution in [3.63, 3.8) is 0 Å². The standard InChI is InChI=1S/C12H15NO/c1-2-6-12(7-3-1)14-10-8-11-5-4-9-13-11/h1-3,6-7H,4-5,8-10H2. The molecule has 2 rings (SSSR count). The number of rotatable bonds is 4. The van der Waals surface area contributed by atoms with Gasteiger partial charge in [-0.1, -0.05) is 18.2 Å². The van der Waals surface area contributed by atoms with Crippen LogP contribution in [0.1, 0.15) is 19.3 Å². The smallest absolute Gasteiger partial charge is 0.119 e. The van der Waals surface area contributed by atoms with Crippen LogP contribution in [0, 0.1) is 0 Å². The van der Waals surface area contributed by atoms with Gasteiger partial charge in [0, 0.05) is 18.7 Å². The normalized spacial score (nSPS) is 15.3. The van der Waals surface area contributed by atoms with Crippen molar-refractivity contribution in [1.82, 2.24) is 0 Å². The monoisotopic (exact) mass is 189 g/mol. The molecule has 0 saturated carbocycles. The fraction of sp³-hybridized carbons (Fsp3) is 0.417. The highest BCUT2D eigenvalue weighted by molar-refractivity contribution is 5.85. The summed E-state index contributed by atoms with van der Waals surface area (Å²) in [5, 5.41) is 0. The van der Waals surface area contributed by atoms with Crippen LogP contribution in [0.4, 0.5) is 0 Å². The molecule has 1 heterocycles. The number of aliphatic imine (C=N–C) groups is 1. The van der Waals surface area contributed by atoms with Crippen LogP contribution in [-0.2, 0) is 0 Å². The molecule has 1 aromatic carbocycles. The number of nitrogens with zero attached hydrogens (tertiary/aromatic N) is 1. The van der Waals surface area contributed by atoms with Crippen LogP contribution in [0.3, 0.4) is 0 Å². The van der Waals surface area contributed by atoms with E-state index >= 15 is 0 Å². The quantitative estimate of drug-likeness (QED) is 0.713. The first kappa shape index (κ1) is 9.25. The Kier molecular flexibility index (Phi) is 3.17. The molecule has 0 saturated heterocycles. The van der Waals surface area contributed by atoms with E-state index in [9.17, 15) is 0 Å². The lowest BCUT2D eigenvalue weighted by Gasteiger charge is -2.05. The molecule has 0 aromatic heterocycles. The lowest BCUT2D eigenvalue weighted by Crippen LogP contribution is -2.03. The van der Waals surface area contributed by atoms with Crippen molar-refractivity contribution in [3.05, 3.63) is 30.3 Å². The molecular formula is C12H15NO. The molecule has 0 unspecified atom stereocenters. The Bertz CT molecular complexity index is 305. The van der Waals surface area contributed by atoms with Crippen LogP contribution < -0.4 is 4.74 Å². The molecule has 74 valence electrons. The van der Waals surface area contributed by atoms with Crippen LogP contribution in [0.5, 0.6) is 5.75 Å². The maximum absolute atomic E-state index is 5.59. The predicted molar refractivity (Wildman–Crippen MR) is 58.1 cm³/mol. The molecule has 1 aliphatic rings. The van der Waals surface area contributed by atoms with Crippen LogP contribution in [0.25, 0.3) is 0 Å². The Morgan fingerprint density at radius 2 is 2.07 bits per heavy atom. The zero-order valence-electron chi connectivity index (χ0n) is 8.28. The van der Waals surface area contributed by atoms with E-state index in [1.54, 1.807) is 0 Å².